The lowest BCUT2D eigenvalue weighted by atomic mass is 9.86. The fourth-order valence-corrected chi connectivity index (χ4v) is 4.15. The van der Waals surface area contributed by atoms with Gasteiger partial charge in [0.2, 0.25) is 0 Å². The summed E-state index contributed by atoms with van der Waals surface area (Å²) in [6, 6.07) is 35.7. The first kappa shape index (κ1) is 17.5. The minimum absolute atomic E-state index is 0.322. The van der Waals surface area contributed by atoms with Crippen LogP contribution in [0.3, 0.4) is 0 Å². The molecule has 29 heavy (non-hydrogen) atoms. The van der Waals surface area contributed by atoms with Crippen LogP contribution in [0.5, 0.6) is 5.75 Å². The van der Waals surface area contributed by atoms with E-state index in [1.54, 1.807) is 0 Å². The quantitative estimate of drug-likeness (QED) is 0.310. The molecule has 0 heterocycles. The summed E-state index contributed by atoms with van der Waals surface area (Å²) >= 11 is 0. The van der Waals surface area contributed by atoms with Crippen molar-refractivity contribution in [3.8, 4) is 28.0 Å². The summed E-state index contributed by atoms with van der Waals surface area (Å²) < 4.78 is 5.20. The van der Waals surface area contributed by atoms with E-state index in [4.69, 9.17) is 9.68 Å². The lowest BCUT2D eigenvalue weighted by Crippen LogP contribution is -1.99. The van der Waals surface area contributed by atoms with Crippen molar-refractivity contribution in [3.63, 3.8) is 0 Å². The van der Waals surface area contributed by atoms with Gasteiger partial charge in [0, 0.05) is 0 Å². The molecule has 0 spiro atoms. The van der Waals surface area contributed by atoms with Gasteiger partial charge >= 0.3 is 7.69 Å². The Labute approximate surface area is 170 Å². The first-order chi connectivity index (χ1) is 14.4. The molecule has 5 rings (SSSR count). The van der Waals surface area contributed by atoms with Crippen LogP contribution < -0.4 is 4.65 Å². The Morgan fingerprint density at radius 2 is 0.897 bits per heavy atom. The Bertz CT molecular complexity index is 1240. The van der Waals surface area contributed by atoms with Gasteiger partial charge in [-0.3, -0.25) is 0 Å². The predicted octanol–water partition coefficient (Wildman–Crippen LogP) is 5.96. The van der Waals surface area contributed by atoms with Crippen LogP contribution in [0.1, 0.15) is 0 Å². The van der Waals surface area contributed by atoms with Gasteiger partial charge < -0.3 is 9.68 Å². The van der Waals surface area contributed by atoms with E-state index in [9.17, 15) is 0 Å². The minimum Gasteiger partial charge on any atom is -0.539 e. The Balaban J connectivity index is 1.88. The molecule has 5 aromatic carbocycles. The highest BCUT2D eigenvalue weighted by Crippen LogP contribution is 2.43. The molecule has 3 heteroatoms. The summed E-state index contributed by atoms with van der Waals surface area (Å²) in [5.74, 6) is 0.658. The van der Waals surface area contributed by atoms with Crippen molar-refractivity contribution in [2.75, 3.05) is 0 Å². The van der Waals surface area contributed by atoms with E-state index in [1.807, 2.05) is 12.1 Å². The summed E-state index contributed by atoms with van der Waals surface area (Å²) in [5, 5.41) is 13.9. The summed E-state index contributed by atoms with van der Waals surface area (Å²) in [4.78, 5) is 0. The Morgan fingerprint density at radius 3 is 1.34 bits per heavy atom. The number of benzene rings is 5. The summed E-state index contributed by atoms with van der Waals surface area (Å²) in [6.45, 7) is 0. The average Bonchev–Trinajstić information content (AvgIpc) is 2.79. The zero-order chi connectivity index (χ0) is 19.6. The van der Waals surface area contributed by atoms with E-state index < -0.39 is 0 Å². The highest BCUT2D eigenvalue weighted by Gasteiger charge is 2.16. The average molecular weight is 374 g/mol. The van der Waals surface area contributed by atoms with Crippen molar-refractivity contribution in [2.24, 2.45) is 0 Å². The second kappa shape index (κ2) is 7.46. The van der Waals surface area contributed by atoms with Gasteiger partial charge in [-0.15, -0.1) is 0 Å². The van der Waals surface area contributed by atoms with E-state index in [2.05, 4.69) is 91.0 Å². The van der Waals surface area contributed by atoms with Crippen molar-refractivity contribution in [1.29, 1.82) is 0 Å². The molecule has 1 N–H and O–H groups in total. The Kier molecular flexibility index (Phi) is 4.51. The Morgan fingerprint density at radius 1 is 0.483 bits per heavy atom. The van der Waals surface area contributed by atoms with Crippen molar-refractivity contribution >= 4 is 29.2 Å². The zero-order valence-corrected chi connectivity index (χ0v) is 15.9. The fourth-order valence-electron chi connectivity index (χ4n) is 4.15. The molecule has 0 amide bonds. The van der Waals surface area contributed by atoms with Crippen molar-refractivity contribution < 1.29 is 9.68 Å². The molecule has 0 bridgehead atoms. The molecular formula is C26H19BO2. The first-order valence-corrected chi connectivity index (χ1v) is 9.70. The third kappa shape index (κ3) is 3.06. The molecule has 0 aliphatic heterocycles. The molecule has 0 unspecified atom stereocenters. The largest absolute Gasteiger partial charge is 0.539 e. The molecule has 0 aliphatic rings. The van der Waals surface area contributed by atoms with E-state index in [-0.39, 0.29) is 7.69 Å². The molecule has 5 aromatic rings. The lowest BCUT2D eigenvalue weighted by Gasteiger charge is -2.17. The van der Waals surface area contributed by atoms with Crippen LogP contribution in [-0.4, -0.2) is 12.7 Å². The van der Waals surface area contributed by atoms with Crippen LogP contribution >= 0.6 is 0 Å². The van der Waals surface area contributed by atoms with Crippen molar-refractivity contribution in [1.82, 2.24) is 0 Å². The van der Waals surface area contributed by atoms with Crippen LogP contribution in [0.15, 0.2) is 103 Å². The van der Waals surface area contributed by atoms with E-state index in [0.29, 0.717) is 5.75 Å². The fraction of sp³-hybridized carbons (Fsp3) is 0. The summed E-state index contributed by atoms with van der Waals surface area (Å²) in [6.07, 6.45) is 0. The highest BCUT2D eigenvalue weighted by molar-refractivity contribution is 6.21. The zero-order valence-electron chi connectivity index (χ0n) is 15.9. The van der Waals surface area contributed by atoms with Crippen LogP contribution in [0.4, 0.5) is 0 Å². The Hall–Kier alpha value is -3.56. The number of hydrogen-bond donors (Lipinski definition) is 1. The molecule has 0 radical (unpaired) electrons. The van der Waals surface area contributed by atoms with Gasteiger partial charge in [0.05, 0.1) is 0 Å². The topological polar surface area (TPSA) is 29.5 Å². The molecule has 0 atom stereocenters. The van der Waals surface area contributed by atoms with E-state index in [0.717, 1.165) is 5.56 Å². The third-order valence-corrected chi connectivity index (χ3v) is 5.37. The van der Waals surface area contributed by atoms with Gasteiger partial charge in [0.15, 0.2) is 0 Å². The van der Waals surface area contributed by atoms with Crippen LogP contribution in [0, 0.1) is 0 Å². The molecular weight excluding hydrogens is 355 g/mol. The molecule has 0 aliphatic carbocycles. The van der Waals surface area contributed by atoms with Crippen LogP contribution in [0.25, 0.3) is 43.8 Å². The first-order valence-electron chi connectivity index (χ1n) is 9.70. The van der Waals surface area contributed by atoms with Gasteiger partial charge in [-0.2, -0.15) is 0 Å². The number of fused-ring (bicyclic) bond motifs is 2. The summed E-state index contributed by atoms with van der Waals surface area (Å²) in [7, 11) is -0.322. The van der Waals surface area contributed by atoms with Gasteiger partial charge in [0.25, 0.3) is 0 Å². The van der Waals surface area contributed by atoms with Crippen molar-refractivity contribution in [3.05, 3.63) is 103 Å². The second-order valence-electron chi connectivity index (χ2n) is 7.01. The lowest BCUT2D eigenvalue weighted by molar-refractivity contribution is 0.454. The monoisotopic (exact) mass is 374 g/mol. The molecule has 0 fully saturated rings. The van der Waals surface area contributed by atoms with Gasteiger partial charge in [-0.25, -0.2) is 0 Å². The van der Waals surface area contributed by atoms with Crippen LogP contribution in [0.2, 0.25) is 0 Å². The predicted molar refractivity (Wildman–Crippen MR) is 122 cm³/mol. The van der Waals surface area contributed by atoms with Gasteiger partial charge in [-0.1, -0.05) is 91.0 Å². The maximum atomic E-state index is 9.01. The summed E-state index contributed by atoms with van der Waals surface area (Å²) in [5.41, 5.74) is 4.83. The van der Waals surface area contributed by atoms with Crippen LogP contribution in [-0.2, 0) is 0 Å². The molecule has 138 valence electrons. The number of rotatable bonds is 4. The van der Waals surface area contributed by atoms with Gasteiger partial charge in [-0.05, 0) is 55.9 Å². The smallest absolute Gasteiger partial charge is 0.504 e. The minimum atomic E-state index is -0.322. The SMILES string of the molecule is OBOc1ccc(-c2c3ccccc3c(-c3ccccc3)c3ccccc23)cc1. The number of hydrogen-bond acceptors (Lipinski definition) is 2. The van der Waals surface area contributed by atoms with E-state index in [1.165, 1.54) is 38.2 Å². The molecule has 0 saturated carbocycles. The molecule has 2 nitrogen and oxygen atoms in total. The third-order valence-electron chi connectivity index (χ3n) is 5.37. The maximum Gasteiger partial charge on any atom is 0.504 e. The van der Waals surface area contributed by atoms with E-state index >= 15 is 0 Å². The second-order valence-corrected chi connectivity index (χ2v) is 7.01. The highest BCUT2D eigenvalue weighted by atomic mass is 16.5. The maximum absolute atomic E-state index is 9.01. The molecule has 0 aromatic heterocycles. The molecule has 0 saturated heterocycles. The van der Waals surface area contributed by atoms with Crippen molar-refractivity contribution in [2.45, 2.75) is 0 Å². The standard InChI is InChI=1S/C26H19BO2/c28-27-29-20-16-14-19(15-17-20)26-23-12-6-4-10-21(23)25(18-8-2-1-3-9-18)22-11-5-7-13-24(22)26/h1-17,27-28H. The van der Waals surface area contributed by atoms with Gasteiger partial charge in [0.1, 0.15) is 5.75 Å². The normalized spacial score (nSPS) is 10.9.